The number of thiophene rings is 1. The third kappa shape index (κ3) is 3.15. The van der Waals surface area contributed by atoms with Crippen molar-refractivity contribution in [2.75, 3.05) is 12.4 Å². The molecule has 0 saturated heterocycles. The van der Waals surface area contributed by atoms with Crippen LogP contribution in [0.1, 0.15) is 17.8 Å². The molecule has 19 heavy (non-hydrogen) atoms. The lowest BCUT2D eigenvalue weighted by atomic mass is 10.2. The van der Waals surface area contributed by atoms with Gasteiger partial charge in [-0.15, -0.1) is 11.3 Å². The zero-order valence-electron chi connectivity index (χ0n) is 10.8. The summed E-state index contributed by atoms with van der Waals surface area (Å²) in [6.07, 6.45) is 0. The largest absolute Gasteiger partial charge is 0.377 e. The molecule has 0 aliphatic rings. The highest BCUT2D eigenvalue weighted by molar-refractivity contribution is 7.89. The molecule has 1 aromatic carbocycles. The van der Waals surface area contributed by atoms with Gasteiger partial charge in [0.2, 0.25) is 10.0 Å². The molecule has 0 aliphatic carbocycles. The molecular weight excluding hydrogens is 280 g/mol. The monoisotopic (exact) mass is 296 g/mol. The second kappa shape index (κ2) is 5.73. The zero-order chi connectivity index (χ0) is 13.9. The molecule has 4 nitrogen and oxygen atoms in total. The van der Waals surface area contributed by atoms with Crippen LogP contribution in [0.5, 0.6) is 0 Å². The van der Waals surface area contributed by atoms with Crippen molar-refractivity contribution in [3.8, 4) is 0 Å². The average Bonchev–Trinajstić information content (AvgIpc) is 2.93. The highest BCUT2D eigenvalue weighted by Gasteiger charge is 2.17. The fraction of sp³-hybridized carbons (Fsp3) is 0.231. The van der Waals surface area contributed by atoms with E-state index in [-0.39, 0.29) is 10.9 Å². The molecule has 0 spiro atoms. The number of anilines is 1. The molecule has 2 rings (SSSR count). The van der Waals surface area contributed by atoms with Gasteiger partial charge < -0.3 is 5.32 Å². The maximum absolute atomic E-state index is 11.9. The van der Waals surface area contributed by atoms with Crippen LogP contribution < -0.4 is 10.0 Å². The lowest BCUT2D eigenvalue weighted by Crippen LogP contribution is -2.20. The smallest absolute Gasteiger partial charge is 0.242 e. The molecule has 6 heteroatoms. The number of para-hydroxylation sites is 1. The molecule has 2 N–H and O–H groups in total. The van der Waals surface area contributed by atoms with Crippen molar-refractivity contribution in [2.24, 2.45) is 0 Å². The van der Waals surface area contributed by atoms with Gasteiger partial charge >= 0.3 is 0 Å². The van der Waals surface area contributed by atoms with Crippen LogP contribution in [0.2, 0.25) is 0 Å². The van der Waals surface area contributed by atoms with E-state index in [1.807, 2.05) is 30.5 Å². The minimum Gasteiger partial charge on any atom is -0.377 e. The molecule has 0 fully saturated rings. The summed E-state index contributed by atoms with van der Waals surface area (Å²) in [5.41, 5.74) is 0.609. The van der Waals surface area contributed by atoms with Crippen molar-refractivity contribution in [3.05, 3.63) is 46.7 Å². The van der Waals surface area contributed by atoms with E-state index in [1.165, 1.54) is 7.05 Å². The van der Waals surface area contributed by atoms with E-state index in [0.717, 1.165) is 4.88 Å². The lowest BCUT2D eigenvalue weighted by Gasteiger charge is -2.16. The first kappa shape index (κ1) is 14.0. The second-order valence-corrected chi connectivity index (χ2v) is 6.92. The van der Waals surface area contributed by atoms with Crippen LogP contribution in [0.25, 0.3) is 0 Å². The third-order valence-corrected chi connectivity index (χ3v) is 5.31. The molecule has 102 valence electrons. The van der Waals surface area contributed by atoms with Crippen LogP contribution in [-0.4, -0.2) is 15.5 Å². The summed E-state index contributed by atoms with van der Waals surface area (Å²) in [6.45, 7) is 2.01. The first-order valence-corrected chi connectivity index (χ1v) is 8.23. The Morgan fingerprint density at radius 1 is 1.16 bits per heavy atom. The summed E-state index contributed by atoms with van der Waals surface area (Å²) in [7, 11) is -2.04. The molecule has 1 aromatic heterocycles. The molecule has 2 aromatic rings. The van der Waals surface area contributed by atoms with Gasteiger partial charge in [-0.1, -0.05) is 18.2 Å². The first-order chi connectivity index (χ1) is 9.04. The van der Waals surface area contributed by atoms with Crippen molar-refractivity contribution >= 4 is 27.0 Å². The summed E-state index contributed by atoms with van der Waals surface area (Å²) in [6, 6.07) is 11.0. The molecule has 0 aliphatic heterocycles. The number of nitrogens with one attached hydrogen (secondary N) is 2. The van der Waals surface area contributed by atoms with Gasteiger partial charge in [0.05, 0.1) is 11.7 Å². The Bertz CT molecular complexity index is 636. The van der Waals surface area contributed by atoms with E-state index in [4.69, 9.17) is 0 Å². The van der Waals surface area contributed by atoms with Crippen molar-refractivity contribution in [2.45, 2.75) is 17.9 Å². The van der Waals surface area contributed by atoms with Crippen LogP contribution in [0.4, 0.5) is 5.69 Å². The van der Waals surface area contributed by atoms with E-state index in [1.54, 1.807) is 29.5 Å². The van der Waals surface area contributed by atoms with E-state index in [9.17, 15) is 8.42 Å². The van der Waals surface area contributed by atoms with E-state index < -0.39 is 10.0 Å². The Kier molecular flexibility index (Phi) is 4.24. The van der Waals surface area contributed by atoms with Gasteiger partial charge in [-0.25, -0.2) is 13.1 Å². The van der Waals surface area contributed by atoms with Crippen molar-refractivity contribution in [1.82, 2.24) is 4.72 Å². The summed E-state index contributed by atoms with van der Waals surface area (Å²) in [4.78, 5) is 1.43. The molecule has 1 atom stereocenters. The Morgan fingerprint density at radius 3 is 2.53 bits per heavy atom. The van der Waals surface area contributed by atoms with Gasteiger partial charge in [0.25, 0.3) is 0 Å². The Morgan fingerprint density at radius 2 is 1.89 bits per heavy atom. The SMILES string of the molecule is CNS(=O)(=O)c1ccccc1NC(C)c1cccs1. The summed E-state index contributed by atoms with van der Waals surface area (Å²) < 4.78 is 26.2. The summed E-state index contributed by atoms with van der Waals surface area (Å²) >= 11 is 1.64. The minimum atomic E-state index is -3.45. The van der Waals surface area contributed by atoms with Crippen molar-refractivity contribution in [1.29, 1.82) is 0 Å². The summed E-state index contributed by atoms with van der Waals surface area (Å²) in [5.74, 6) is 0. The van der Waals surface area contributed by atoms with Gasteiger partial charge in [0.15, 0.2) is 0 Å². The molecule has 0 bridgehead atoms. The maximum atomic E-state index is 11.9. The highest BCUT2D eigenvalue weighted by atomic mass is 32.2. The van der Waals surface area contributed by atoms with E-state index in [0.29, 0.717) is 5.69 Å². The Balaban J connectivity index is 2.31. The van der Waals surface area contributed by atoms with Gasteiger partial charge in [-0.3, -0.25) is 0 Å². The number of hydrogen-bond acceptors (Lipinski definition) is 4. The molecule has 0 amide bonds. The van der Waals surface area contributed by atoms with Crippen molar-refractivity contribution in [3.63, 3.8) is 0 Å². The number of benzene rings is 1. The molecule has 0 saturated carbocycles. The van der Waals surface area contributed by atoms with Crippen LogP contribution >= 0.6 is 11.3 Å². The molecule has 0 radical (unpaired) electrons. The van der Waals surface area contributed by atoms with Crippen molar-refractivity contribution < 1.29 is 8.42 Å². The Labute approximate surface area is 117 Å². The van der Waals surface area contributed by atoms with Gasteiger partial charge in [0, 0.05) is 4.88 Å². The zero-order valence-corrected chi connectivity index (χ0v) is 12.4. The lowest BCUT2D eigenvalue weighted by molar-refractivity contribution is 0.588. The topological polar surface area (TPSA) is 58.2 Å². The Hall–Kier alpha value is -1.37. The van der Waals surface area contributed by atoms with Crippen LogP contribution in [0, 0.1) is 0 Å². The predicted octanol–water partition coefficient (Wildman–Crippen LogP) is 2.83. The third-order valence-electron chi connectivity index (χ3n) is 2.79. The van der Waals surface area contributed by atoms with E-state index in [2.05, 4.69) is 10.0 Å². The average molecular weight is 296 g/mol. The van der Waals surface area contributed by atoms with Gasteiger partial charge in [-0.05, 0) is 37.6 Å². The number of sulfonamides is 1. The van der Waals surface area contributed by atoms with E-state index >= 15 is 0 Å². The molecular formula is C13H16N2O2S2. The summed E-state index contributed by atoms with van der Waals surface area (Å²) in [5, 5.41) is 5.25. The van der Waals surface area contributed by atoms with Gasteiger partial charge in [-0.2, -0.15) is 0 Å². The number of rotatable bonds is 5. The maximum Gasteiger partial charge on any atom is 0.242 e. The van der Waals surface area contributed by atoms with Crippen LogP contribution in [-0.2, 0) is 10.0 Å². The predicted molar refractivity (Wildman–Crippen MR) is 79.0 cm³/mol. The standard InChI is InChI=1S/C13H16N2O2S2/c1-10(12-7-5-9-18-12)15-11-6-3-4-8-13(11)19(16,17)14-2/h3-10,14-15H,1-2H3. The molecule has 1 heterocycles. The quantitative estimate of drug-likeness (QED) is 0.892. The number of hydrogen-bond donors (Lipinski definition) is 2. The fourth-order valence-corrected chi connectivity index (χ4v) is 3.40. The van der Waals surface area contributed by atoms with Crippen LogP contribution in [0.3, 0.4) is 0 Å². The second-order valence-electron chi connectivity index (χ2n) is 4.09. The molecule has 1 unspecified atom stereocenters. The van der Waals surface area contributed by atoms with Gasteiger partial charge in [0.1, 0.15) is 4.90 Å². The first-order valence-electron chi connectivity index (χ1n) is 5.87. The fourth-order valence-electron chi connectivity index (χ4n) is 1.77. The normalized spacial score (nSPS) is 13.2. The van der Waals surface area contributed by atoms with Crippen LogP contribution in [0.15, 0.2) is 46.7 Å². The highest BCUT2D eigenvalue weighted by Crippen LogP contribution is 2.27. The minimum absolute atomic E-state index is 0.0632.